The van der Waals surface area contributed by atoms with Crippen molar-refractivity contribution < 1.29 is 9.53 Å². The molecule has 1 aromatic rings. The molecule has 0 saturated carbocycles. The van der Waals surface area contributed by atoms with Gasteiger partial charge in [-0.3, -0.25) is 0 Å². The van der Waals surface area contributed by atoms with Crippen molar-refractivity contribution in [3.63, 3.8) is 0 Å². The van der Waals surface area contributed by atoms with E-state index < -0.39 is 5.60 Å². The minimum atomic E-state index is -0.451. The minimum Gasteiger partial charge on any atom is -0.444 e. The van der Waals surface area contributed by atoms with Crippen LogP contribution >= 0.6 is 15.9 Å². The molecule has 0 aliphatic carbocycles. The summed E-state index contributed by atoms with van der Waals surface area (Å²) in [6, 6.07) is 6.15. The molecule has 6 heteroatoms. The number of carbonyl (C=O) groups is 1. The monoisotopic (exact) mass is 385 g/mol. The molecule has 23 heavy (non-hydrogen) atoms. The number of benzene rings is 1. The number of rotatable bonds is 7. The van der Waals surface area contributed by atoms with Crippen molar-refractivity contribution >= 4 is 33.4 Å². The zero-order valence-corrected chi connectivity index (χ0v) is 16.0. The minimum absolute atomic E-state index is 0.319. The van der Waals surface area contributed by atoms with Crippen molar-refractivity contribution in [2.75, 3.05) is 17.6 Å². The quantitative estimate of drug-likeness (QED) is 0.476. The molecular weight excluding hydrogens is 358 g/mol. The topological polar surface area (TPSA) is 76.4 Å². The molecule has 1 rings (SSSR count). The van der Waals surface area contributed by atoms with Crippen molar-refractivity contribution in [1.29, 1.82) is 0 Å². The Hall–Kier alpha value is -1.43. The van der Waals surface area contributed by atoms with Gasteiger partial charge in [0.05, 0.1) is 11.4 Å². The van der Waals surface area contributed by atoms with Crippen LogP contribution in [0.5, 0.6) is 0 Å². The van der Waals surface area contributed by atoms with Gasteiger partial charge >= 0.3 is 6.09 Å². The number of alkyl carbamates (subject to hydrolysis) is 1. The van der Waals surface area contributed by atoms with E-state index in [0.29, 0.717) is 12.6 Å². The van der Waals surface area contributed by atoms with Crippen LogP contribution in [0.25, 0.3) is 0 Å². The first-order valence-corrected chi connectivity index (χ1v) is 8.75. The van der Waals surface area contributed by atoms with E-state index in [-0.39, 0.29) is 6.09 Å². The fraction of sp³-hybridized carbons (Fsp3) is 0.588. The average molecular weight is 386 g/mol. The first-order valence-electron chi connectivity index (χ1n) is 7.96. The smallest absolute Gasteiger partial charge is 0.407 e. The largest absolute Gasteiger partial charge is 0.444 e. The van der Waals surface area contributed by atoms with Crippen LogP contribution in [0.4, 0.5) is 16.2 Å². The lowest BCUT2D eigenvalue weighted by atomic mass is 10.1. The Morgan fingerprint density at radius 1 is 1.35 bits per heavy atom. The van der Waals surface area contributed by atoms with Crippen LogP contribution in [-0.2, 0) is 4.74 Å². The number of anilines is 2. The molecule has 0 aromatic heterocycles. The molecule has 0 radical (unpaired) electrons. The first-order chi connectivity index (χ1) is 10.7. The van der Waals surface area contributed by atoms with Crippen LogP contribution in [-0.4, -0.2) is 24.3 Å². The highest BCUT2D eigenvalue weighted by Crippen LogP contribution is 2.24. The maximum Gasteiger partial charge on any atom is 0.407 e. The molecule has 0 spiro atoms. The first kappa shape index (κ1) is 19.6. The summed E-state index contributed by atoms with van der Waals surface area (Å²) in [4.78, 5) is 11.5. The van der Waals surface area contributed by atoms with E-state index in [9.17, 15) is 4.79 Å². The molecule has 1 aromatic carbocycles. The van der Waals surface area contributed by atoms with Gasteiger partial charge in [0.25, 0.3) is 0 Å². The molecule has 0 unspecified atom stereocenters. The third-order valence-electron chi connectivity index (χ3n) is 3.15. The van der Waals surface area contributed by atoms with Gasteiger partial charge in [0.15, 0.2) is 0 Å². The standard InChI is InChI=1S/C17H28BrN3O2/c1-12(21-15-9-8-13(18)11-14(15)19)7-5-6-10-20-16(22)23-17(2,3)4/h8-9,11-12,21H,5-7,10,19H2,1-4H3,(H,20,22)/t12-/m0/s1. The van der Waals surface area contributed by atoms with E-state index in [2.05, 4.69) is 33.5 Å². The van der Waals surface area contributed by atoms with Gasteiger partial charge in [-0.1, -0.05) is 15.9 Å². The number of nitrogen functional groups attached to an aromatic ring is 1. The Morgan fingerprint density at radius 2 is 2.04 bits per heavy atom. The number of unbranched alkanes of at least 4 members (excludes halogenated alkanes) is 1. The van der Waals surface area contributed by atoms with Crippen molar-refractivity contribution in [1.82, 2.24) is 5.32 Å². The van der Waals surface area contributed by atoms with E-state index >= 15 is 0 Å². The summed E-state index contributed by atoms with van der Waals surface area (Å²) < 4.78 is 6.16. The molecule has 0 heterocycles. The summed E-state index contributed by atoms with van der Waals surface area (Å²) in [5.74, 6) is 0. The molecule has 130 valence electrons. The second-order valence-corrected chi connectivity index (χ2v) is 7.62. The fourth-order valence-corrected chi connectivity index (χ4v) is 2.46. The SMILES string of the molecule is C[C@@H](CCCCNC(=O)OC(C)(C)C)Nc1ccc(Br)cc1N. The summed E-state index contributed by atoms with van der Waals surface area (Å²) in [5.41, 5.74) is 7.21. The van der Waals surface area contributed by atoms with E-state index in [0.717, 1.165) is 35.1 Å². The van der Waals surface area contributed by atoms with Gasteiger partial charge in [0.2, 0.25) is 0 Å². The number of carbonyl (C=O) groups excluding carboxylic acids is 1. The van der Waals surface area contributed by atoms with Crippen LogP contribution in [0, 0.1) is 0 Å². The molecule has 0 saturated heterocycles. The highest BCUT2D eigenvalue weighted by Gasteiger charge is 2.15. The van der Waals surface area contributed by atoms with Gasteiger partial charge in [0, 0.05) is 17.1 Å². The number of hydrogen-bond donors (Lipinski definition) is 3. The number of hydrogen-bond acceptors (Lipinski definition) is 4. The molecule has 1 atom stereocenters. The molecule has 0 bridgehead atoms. The molecule has 0 fully saturated rings. The number of halogens is 1. The maximum atomic E-state index is 11.5. The van der Waals surface area contributed by atoms with Crippen molar-refractivity contribution in [3.05, 3.63) is 22.7 Å². The average Bonchev–Trinajstić information content (AvgIpc) is 2.39. The van der Waals surface area contributed by atoms with Gasteiger partial charge in [-0.25, -0.2) is 4.79 Å². The maximum absolute atomic E-state index is 11.5. The second-order valence-electron chi connectivity index (χ2n) is 6.70. The Kier molecular flexibility index (Phi) is 7.68. The number of amides is 1. The highest BCUT2D eigenvalue weighted by molar-refractivity contribution is 9.10. The second kappa shape index (κ2) is 9.01. The summed E-state index contributed by atoms with van der Waals surface area (Å²) in [6.45, 7) is 8.32. The van der Waals surface area contributed by atoms with Gasteiger partial charge in [0.1, 0.15) is 5.60 Å². The predicted molar refractivity (Wildman–Crippen MR) is 99.7 cm³/mol. The van der Waals surface area contributed by atoms with Crippen LogP contribution in [0.3, 0.4) is 0 Å². The van der Waals surface area contributed by atoms with Crippen LogP contribution < -0.4 is 16.4 Å². The summed E-state index contributed by atoms with van der Waals surface area (Å²) in [7, 11) is 0. The Balaban J connectivity index is 2.19. The van der Waals surface area contributed by atoms with Crippen LogP contribution in [0.1, 0.15) is 47.0 Å². The van der Waals surface area contributed by atoms with E-state index in [1.54, 1.807) is 0 Å². The van der Waals surface area contributed by atoms with Gasteiger partial charge in [-0.15, -0.1) is 0 Å². The van der Waals surface area contributed by atoms with E-state index in [1.807, 2.05) is 39.0 Å². The van der Waals surface area contributed by atoms with Gasteiger partial charge in [-0.05, 0) is 65.2 Å². The lowest BCUT2D eigenvalue weighted by Crippen LogP contribution is -2.33. The van der Waals surface area contributed by atoms with Gasteiger partial charge < -0.3 is 21.1 Å². The highest BCUT2D eigenvalue weighted by atomic mass is 79.9. The zero-order valence-electron chi connectivity index (χ0n) is 14.4. The molecular formula is C17H28BrN3O2. The zero-order chi connectivity index (χ0) is 17.5. The molecule has 0 aliphatic rings. The lowest BCUT2D eigenvalue weighted by molar-refractivity contribution is 0.0527. The number of nitrogens with two attached hydrogens (primary N) is 1. The molecule has 1 amide bonds. The molecule has 0 aliphatic heterocycles. The normalized spacial score (nSPS) is 12.6. The molecule has 5 nitrogen and oxygen atoms in total. The van der Waals surface area contributed by atoms with E-state index in [4.69, 9.17) is 10.5 Å². The number of ether oxygens (including phenoxy) is 1. The van der Waals surface area contributed by atoms with Crippen LogP contribution in [0.2, 0.25) is 0 Å². The van der Waals surface area contributed by atoms with Crippen LogP contribution in [0.15, 0.2) is 22.7 Å². The van der Waals surface area contributed by atoms with Crippen molar-refractivity contribution in [2.24, 2.45) is 0 Å². The Labute approximate surface area is 147 Å². The Morgan fingerprint density at radius 3 is 2.65 bits per heavy atom. The van der Waals surface area contributed by atoms with E-state index in [1.165, 1.54) is 0 Å². The fourth-order valence-electron chi connectivity index (χ4n) is 2.08. The van der Waals surface area contributed by atoms with Gasteiger partial charge in [-0.2, -0.15) is 0 Å². The number of nitrogens with one attached hydrogen (secondary N) is 2. The Bertz CT molecular complexity index is 515. The molecule has 4 N–H and O–H groups in total. The summed E-state index contributed by atoms with van der Waals surface area (Å²) >= 11 is 3.40. The summed E-state index contributed by atoms with van der Waals surface area (Å²) in [5, 5.41) is 6.18. The lowest BCUT2D eigenvalue weighted by Gasteiger charge is -2.20. The summed E-state index contributed by atoms with van der Waals surface area (Å²) in [6.07, 6.45) is 2.58. The third-order valence-corrected chi connectivity index (χ3v) is 3.64. The predicted octanol–water partition coefficient (Wildman–Crippen LogP) is 4.53. The third kappa shape index (κ3) is 8.69. The van der Waals surface area contributed by atoms with Crippen molar-refractivity contribution in [2.45, 2.75) is 58.6 Å². The van der Waals surface area contributed by atoms with Crippen molar-refractivity contribution in [3.8, 4) is 0 Å².